The van der Waals surface area contributed by atoms with E-state index in [1.54, 1.807) is 19.1 Å². The van der Waals surface area contributed by atoms with Crippen molar-refractivity contribution in [2.24, 2.45) is 0 Å². The second-order valence-corrected chi connectivity index (χ2v) is 4.04. The van der Waals surface area contributed by atoms with Crippen LogP contribution in [0.1, 0.15) is 12.5 Å². The summed E-state index contributed by atoms with van der Waals surface area (Å²) in [6, 6.07) is 5.35. The number of hydrogen-bond donors (Lipinski definition) is 2. The van der Waals surface area contributed by atoms with Crippen LogP contribution >= 0.6 is 0 Å². The zero-order valence-electron chi connectivity index (χ0n) is 8.71. The van der Waals surface area contributed by atoms with Crippen molar-refractivity contribution in [3.63, 3.8) is 0 Å². The summed E-state index contributed by atoms with van der Waals surface area (Å²) in [7, 11) is 0. The molecule has 1 aromatic rings. The van der Waals surface area contributed by atoms with Crippen LogP contribution < -0.4 is 10.6 Å². The molecule has 4 nitrogen and oxygen atoms in total. The summed E-state index contributed by atoms with van der Waals surface area (Å²) < 4.78 is 12.7. The third-order valence-corrected chi connectivity index (χ3v) is 2.59. The Morgan fingerprint density at radius 1 is 1.25 bits per heavy atom. The van der Waals surface area contributed by atoms with E-state index < -0.39 is 11.6 Å². The van der Waals surface area contributed by atoms with Crippen LogP contribution in [-0.2, 0) is 11.2 Å². The van der Waals surface area contributed by atoms with Gasteiger partial charge in [0.15, 0.2) is 0 Å². The van der Waals surface area contributed by atoms with Gasteiger partial charge in [-0.2, -0.15) is 0 Å². The number of carbonyl (C=O) groups is 2. The average molecular weight is 222 g/mol. The van der Waals surface area contributed by atoms with Crippen molar-refractivity contribution in [3.8, 4) is 0 Å². The monoisotopic (exact) mass is 222 g/mol. The largest absolute Gasteiger partial charge is 0.323 e. The highest BCUT2D eigenvalue weighted by molar-refractivity contribution is 6.06. The lowest BCUT2D eigenvalue weighted by Crippen LogP contribution is -2.45. The van der Waals surface area contributed by atoms with Crippen LogP contribution in [0.5, 0.6) is 0 Å². The first-order chi connectivity index (χ1) is 7.49. The van der Waals surface area contributed by atoms with Gasteiger partial charge in [-0.05, 0) is 24.6 Å². The minimum atomic E-state index is -0.949. The molecule has 0 bridgehead atoms. The van der Waals surface area contributed by atoms with E-state index in [0.717, 1.165) is 5.56 Å². The Kier molecular flexibility index (Phi) is 2.38. The van der Waals surface area contributed by atoms with Crippen molar-refractivity contribution >= 4 is 11.9 Å². The third-order valence-electron chi connectivity index (χ3n) is 2.59. The Hall–Kier alpha value is -1.91. The molecule has 0 radical (unpaired) electrons. The van der Waals surface area contributed by atoms with Crippen molar-refractivity contribution in [1.82, 2.24) is 10.6 Å². The van der Waals surface area contributed by atoms with Gasteiger partial charge in [-0.25, -0.2) is 9.18 Å². The zero-order chi connectivity index (χ0) is 11.8. The smallest absolute Gasteiger partial charge is 0.322 e. The number of hydrogen-bond acceptors (Lipinski definition) is 2. The van der Waals surface area contributed by atoms with Crippen LogP contribution in [0.2, 0.25) is 0 Å². The van der Waals surface area contributed by atoms with E-state index in [1.807, 2.05) is 0 Å². The molecule has 84 valence electrons. The summed E-state index contributed by atoms with van der Waals surface area (Å²) in [5.41, 5.74) is -0.157. The lowest BCUT2D eigenvalue weighted by Gasteiger charge is -2.20. The van der Waals surface area contributed by atoms with E-state index in [1.165, 1.54) is 12.1 Å². The standard InChI is InChI=1S/C11H11FN2O2/c1-11(9(15)13-10(16)14-11)6-7-2-4-8(12)5-3-7/h2-5H,6H2,1H3,(H2,13,14,15,16). The van der Waals surface area contributed by atoms with Gasteiger partial charge in [0.25, 0.3) is 5.91 Å². The number of halogens is 1. The summed E-state index contributed by atoms with van der Waals surface area (Å²) >= 11 is 0. The maximum absolute atomic E-state index is 12.7. The van der Waals surface area contributed by atoms with E-state index >= 15 is 0 Å². The third kappa shape index (κ3) is 1.88. The van der Waals surface area contributed by atoms with Crippen LogP contribution in [-0.4, -0.2) is 17.5 Å². The van der Waals surface area contributed by atoms with E-state index in [0.29, 0.717) is 6.42 Å². The number of nitrogens with one attached hydrogen (secondary N) is 2. The predicted octanol–water partition coefficient (Wildman–Crippen LogP) is 0.966. The van der Waals surface area contributed by atoms with Crippen molar-refractivity contribution in [1.29, 1.82) is 0 Å². The Morgan fingerprint density at radius 2 is 1.88 bits per heavy atom. The van der Waals surface area contributed by atoms with Gasteiger partial charge >= 0.3 is 6.03 Å². The molecular formula is C11H11FN2O2. The number of benzene rings is 1. The second-order valence-electron chi connectivity index (χ2n) is 4.04. The van der Waals surface area contributed by atoms with Gasteiger partial charge in [0.1, 0.15) is 11.4 Å². The number of urea groups is 1. The second kappa shape index (κ2) is 3.59. The van der Waals surface area contributed by atoms with Crippen LogP contribution in [0.4, 0.5) is 9.18 Å². The van der Waals surface area contributed by atoms with Gasteiger partial charge in [-0.15, -0.1) is 0 Å². The molecule has 2 N–H and O–H groups in total. The van der Waals surface area contributed by atoms with Gasteiger partial charge in [-0.1, -0.05) is 12.1 Å². The molecule has 1 unspecified atom stereocenters. The van der Waals surface area contributed by atoms with Crippen LogP contribution in [0.3, 0.4) is 0 Å². The highest BCUT2D eigenvalue weighted by Crippen LogP contribution is 2.17. The van der Waals surface area contributed by atoms with Crippen molar-refractivity contribution in [3.05, 3.63) is 35.6 Å². The molecule has 1 fully saturated rings. The molecule has 1 atom stereocenters. The predicted molar refractivity (Wildman–Crippen MR) is 55.2 cm³/mol. The quantitative estimate of drug-likeness (QED) is 0.732. The number of rotatable bonds is 2. The average Bonchev–Trinajstić information content (AvgIpc) is 2.44. The lowest BCUT2D eigenvalue weighted by molar-refractivity contribution is -0.123. The first-order valence-corrected chi connectivity index (χ1v) is 4.88. The molecular weight excluding hydrogens is 211 g/mol. The fraction of sp³-hybridized carbons (Fsp3) is 0.273. The van der Waals surface area contributed by atoms with E-state index in [-0.39, 0.29) is 11.7 Å². The minimum Gasteiger partial charge on any atom is -0.323 e. The van der Waals surface area contributed by atoms with E-state index in [2.05, 4.69) is 10.6 Å². The molecule has 0 saturated carbocycles. The maximum atomic E-state index is 12.7. The number of imide groups is 1. The zero-order valence-corrected chi connectivity index (χ0v) is 8.71. The van der Waals surface area contributed by atoms with Crippen molar-refractivity contribution < 1.29 is 14.0 Å². The molecule has 5 heteroatoms. The number of carbonyl (C=O) groups excluding carboxylic acids is 2. The topological polar surface area (TPSA) is 58.2 Å². The van der Waals surface area contributed by atoms with Gasteiger partial charge in [0, 0.05) is 6.42 Å². The van der Waals surface area contributed by atoms with Crippen molar-refractivity contribution in [2.45, 2.75) is 18.9 Å². The highest BCUT2D eigenvalue weighted by atomic mass is 19.1. The fourth-order valence-corrected chi connectivity index (χ4v) is 1.71. The first kappa shape index (κ1) is 10.6. The normalized spacial score (nSPS) is 24.1. The molecule has 2 rings (SSSR count). The SMILES string of the molecule is CC1(Cc2ccc(F)cc2)NC(=O)NC1=O. The van der Waals surface area contributed by atoms with Gasteiger partial charge in [-0.3, -0.25) is 10.1 Å². The van der Waals surface area contributed by atoms with Crippen molar-refractivity contribution in [2.75, 3.05) is 0 Å². The highest BCUT2D eigenvalue weighted by Gasteiger charge is 2.41. The van der Waals surface area contributed by atoms with Crippen LogP contribution in [0.15, 0.2) is 24.3 Å². The minimum absolute atomic E-state index is 0.325. The molecule has 3 amide bonds. The summed E-state index contributed by atoms with van der Waals surface area (Å²) in [4.78, 5) is 22.5. The Balaban J connectivity index is 2.18. The lowest BCUT2D eigenvalue weighted by atomic mass is 9.93. The molecule has 16 heavy (non-hydrogen) atoms. The molecule has 1 aliphatic heterocycles. The molecule has 1 aliphatic rings. The molecule has 1 heterocycles. The molecule has 1 aromatic carbocycles. The molecule has 0 aliphatic carbocycles. The van der Waals surface area contributed by atoms with Gasteiger partial charge in [0.05, 0.1) is 0 Å². The van der Waals surface area contributed by atoms with E-state index in [4.69, 9.17) is 0 Å². The number of amides is 3. The maximum Gasteiger partial charge on any atom is 0.322 e. The summed E-state index contributed by atoms with van der Waals surface area (Å²) in [6.45, 7) is 1.64. The Morgan fingerprint density at radius 3 is 2.38 bits per heavy atom. The summed E-state index contributed by atoms with van der Waals surface area (Å²) in [5, 5.41) is 4.73. The van der Waals surface area contributed by atoms with E-state index in [9.17, 15) is 14.0 Å². The Labute approximate surface area is 91.8 Å². The first-order valence-electron chi connectivity index (χ1n) is 4.88. The van der Waals surface area contributed by atoms with Gasteiger partial charge < -0.3 is 5.32 Å². The van der Waals surface area contributed by atoms with Crippen LogP contribution in [0.25, 0.3) is 0 Å². The van der Waals surface area contributed by atoms with Crippen LogP contribution in [0, 0.1) is 5.82 Å². The molecule has 0 aromatic heterocycles. The fourth-order valence-electron chi connectivity index (χ4n) is 1.71. The van der Waals surface area contributed by atoms with Gasteiger partial charge in [0.2, 0.25) is 0 Å². The Bertz CT molecular complexity index is 444. The summed E-state index contributed by atoms with van der Waals surface area (Å²) in [6.07, 6.45) is 0.338. The summed E-state index contributed by atoms with van der Waals surface area (Å²) in [5.74, 6) is -0.685. The molecule has 1 saturated heterocycles. The molecule has 0 spiro atoms.